The van der Waals surface area contributed by atoms with Gasteiger partial charge in [-0.25, -0.2) is 4.79 Å². The van der Waals surface area contributed by atoms with E-state index in [1.165, 1.54) is 32.1 Å². The Labute approximate surface area is 171 Å². The van der Waals surface area contributed by atoms with Crippen molar-refractivity contribution in [1.82, 2.24) is 15.2 Å². The van der Waals surface area contributed by atoms with Gasteiger partial charge < -0.3 is 20.3 Å². The number of carboxylic acid groups (broad SMARTS) is 1. The second kappa shape index (κ2) is 7.73. The smallest absolute Gasteiger partial charge is 0.405 e. The first-order chi connectivity index (χ1) is 13.9. The minimum absolute atomic E-state index is 0.115. The number of fused-ring (bicyclic) bond motifs is 1. The van der Waals surface area contributed by atoms with Crippen LogP contribution in [-0.2, 0) is 11.2 Å². The Hall–Kier alpha value is -2.50. The first-order valence-corrected chi connectivity index (χ1v) is 10.8. The molecule has 1 spiro atoms. The molecule has 6 heteroatoms. The lowest BCUT2D eigenvalue weighted by Crippen LogP contribution is -2.60. The van der Waals surface area contributed by atoms with Crippen molar-refractivity contribution >= 4 is 22.9 Å². The third-order valence-corrected chi connectivity index (χ3v) is 7.10. The summed E-state index contributed by atoms with van der Waals surface area (Å²) in [6, 6.07) is 7.90. The highest BCUT2D eigenvalue weighted by Gasteiger charge is 2.43. The SMILES string of the molecule is CC(Cc1c[nH]c2ccccc12)(NC(=O)O)C(=O)N1CCC2(CCCCC2)CC1. The Balaban J connectivity index is 1.52. The number of H-pyrrole nitrogens is 1. The van der Waals surface area contributed by atoms with Gasteiger partial charge >= 0.3 is 6.09 Å². The number of piperidine rings is 1. The average molecular weight is 398 g/mol. The molecule has 156 valence electrons. The van der Waals surface area contributed by atoms with Crippen molar-refractivity contribution in [3.05, 3.63) is 36.0 Å². The highest BCUT2D eigenvalue weighted by Crippen LogP contribution is 2.44. The van der Waals surface area contributed by atoms with E-state index >= 15 is 0 Å². The van der Waals surface area contributed by atoms with Gasteiger partial charge in [0.05, 0.1) is 0 Å². The summed E-state index contributed by atoms with van der Waals surface area (Å²) in [7, 11) is 0. The Morgan fingerprint density at radius 1 is 1.14 bits per heavy atom. The number of para-hydroxylation sites is 1. The van der Waals surface area contributed by atoms with Gasteiger partial charge in [0.25, 0.3) is 0 Å². The van der Waals surface area contributed by atoms with Gasteiger partial charge in [-0.2, -0.15) is 0 Å². The molecule has 29 heavy (non-hydrogen) atoms. The Kier molecular flexibility index (Phi) is 5.28. The van der Waals surface area contributed by atoms with Crippen LogP contribution in [0, 0.1) is 5.41 Å². The van der Waals surface area contributed by atoms with E-state index in [0.717, 1.165) is 42.4 Å². The normalized spacial score (nSPS) is 21.1. The molecule has 1 aromatic carbocycles. The van der Waals surface area contributed by atoms with Crippen molar-refractivity contribution in [2.75, 3.05) is 13.1 Å². The molecule has 6 nitrogen and oxygen atoms in total. The monoisotopic (exact) mass is 397 g/mol. The fourth-order valence-electron chi connectivity index (χ4n) is 5.40. The van der Waals surface area contributed by atoms with E-state index < -0.39 is 11.6 Å². The van der Waals surface area contributed by atoms with E-state index in [9.17, 15) is 14.7 Å². The number of carbonyl (C=O) groups is 2. The van der Waals surface area contributed by atoms with E-state index in [-0.39, 0.29) is 5.91 Å². The Morgan fingerprint density at radius 3 is 2.52 bits per heavy atom. The second-order valence-electron chi connectivity index (χ2n) is 9.15. The molecule has 2 aromatic rings. The molecule has 0 radical (unpaired) electrons. The van der Waals surface area contributed by atoms with Gasteiger partial charge in [-0.15, -0.1) is 0 Å². The van der Waals surface area contributed by atoms with Crippen molar-refractivity contribution in [2.24, 2.45) is 5.41 Å². The van der Waals surface area contributed by atoms with E-state index in [4.69, 9.17) is 0 Å². The maximum absolute atomic E-state index is 13.5. The van der Waals surface area contributed by atoms with Crippen LogP contribution >= 0.6 is 0 Å². The largest absolute Gasteiger partial charge is 0.465 e. The Morgan fingerprint density at radius 2 is 1.83 bits per heavy atom. The fourth-order valence-corrected chi connectivity index (χ4v) is 5.40. The maximum Gasteiger partial charge on any atom is 0.405 e. The first-order valence-electron chi connectivity index (χ1n) is 10.8. The number of likely N-dealkylation sites (tertiary alicyclic amines) is 1. The number of nitrogens with one attached hydrogen (secondary N) is 2. The van der Waals surface area contributed by atoms with Crippen LogP contribution in [0.5, 0.6) is 0 Å². The number of amides is 2. The highest BCUT2D eigenvalue weighted by molar-refractivity contribution is 5.91. The van der Waals surface area contributed by atoms with Gasteiger partial charge in [-0.1, -0.05) is 37.5 Å². The topological polar surface area (TPSA) is 85.4 Å². The molecular weight excluding hydrogens is 366 g/mol. The van der Waals surface area contributed by atoms with E-state index in [1.807, 2.05) is 35.4 Å². The predicted molar refractivity (Wildman–Crippen MR) is 113 cm³/mol. The molecule has 2 amide bonds. The standard InChI is InChI=1S/C23H31N3O3/c1-22(25-21(28)29,15-17-16-24-19-8-4-3-7-18(17)19)20(27)26-13-11-23(12-14-26)9-5-2-6-10-23/h3-4,7-8,16,24-25H,2,5-6,9-15H2,1H3,(H,28,29). The molecular formula is C23H31N3O3. The van der Waals surface area contributed by atoms with Crippen LogP contribution in [0.3, 0.4) is 0 Å². The number of carbonyl (C=O) groups excluding carboxylic acids is 1. The molecule has 1 aliphatic carbocycles. The van der Waals surface area contributed by atoms with Crippen LogP contribution in [0.2, 0.25) is 0 Å². The molecule has 1 aliphatic heterocycles. The number of aromatic nitrogens is 1. The van der Waals surface area contributed by atoms with Gasteiger partial charge in [0.2, 0.25) is 5.91 Å². The molecule has 1 saturated heterocycles. The number of benzene rings is 1. The summed E-state index contributed by atoms with van der Waals surface area (Å²) in [5, 5.41) is 13.0. The zero-order valence-electron chi connectivity index (χ0n) is 17.2. The third-order valence-electron chi connectivity index (χ3n) is 7.10. The molecule has 1 aromatic heterocycles. The van der Waals surface area contributed by atoms with Crippen LogP contribution in [0.25, 0.3) is 10.9 Å². The predicted octanol–water partition coefficient (Wildman–Crippen LogP) is 4.31. The average Bonchev–Trinajstić information content (AvgIpc) is 3.11. The number of nitrogens with zero attached hydrogens (tertiary/aromatic N) is 1. The summed E-state index contributed by atoms with van der Waals surface area (Å²) in [6.07, 6.45) is 9.58. The van der Waals surface area contributed by atoms with Gasteiger partial charge in [0.1, 0.15) is 5.54 Å². The minimum atomic E-state index is -1.19. The highest BCUT2D eigenvalue weighted by atomic mass is 16.4. The lowest BCUT2D eigenvalue weighted by atomic mass is 9.68. The maximum atomic E-state index is 13.5. The van der Waals surface area contributed by atoms with Crippen molar-refractivity contribution in [1.29, 1.82) is 0 Å². The third kappa shape index (κ3) is 3.98. The summed E-state index contributed by atoms with van der Waals surface area (Å²) in [6.45, 7) is 3.17. The van der Waals surface area contributed by atoms with E-state index in [2.05, 4.69) is 10.3 Å². The van der Waals surface area contributed by atoms with Crippen LogP contribution in [-0.4, -0.2) is 45.6 Å². The molecule has 2 fully saturated rings. The number of hydrogen-bond acceptors (Lipinski definition) is 2. The van der Waals surface area contributed by atoms with Gasteiger partial charge in [-0.05, 0) is 49.7 Å². The van der Waals surface area contributed by atoms with Crippen LogP contribution < -0.4 is 5.32 Å². The lowest BCUT2D eigenvalue weighted by Gasteiger charge is -2.46. The molecule has 0 bridgehead atoms. The zero-order valence-corrected chi connectivity index (χ0v) is 17.2. The minimum Gasteiger partial charge on any atom is -0.465 e. The summed E-state index contributed by atoms with van der Waals surface area (Å²) < 4.78 is 0. The summed E-state index contributed by atoms with van der Waals surface area (Å²) in [4.78, 5) is 30.1. The number of aromatic amines is 1. The van der Waals surface area contributed by atoms with Crippen molar-refractivity contribution < 1.29 is 14.7 Å². The summed E-state index contributed by atoms with van der Waals surface area (Å²) in [5.74, 6) is -0.115. The van der Waals surface area contributed by atoms with Gasteiger partial charge in [0.15, 0.2) is 0 Å². The summed E-state index contributed by atoms with van der Waals surface area (Å²) >= 11 is 0. The molecule has 2 aliphatic rings. The van der Waals surface area contributed by atoms with Crippen molar-refractivity contribution in [2.45, 2.75) is 63.8 Å². The molecule has 2 heterocycles. The van der Waals surface area contributed by atoms with Crippen LogP contribution in [0.15, 0.2) is 30.5 Å². The molecule has 1 unspecified atom stereocenters. The molecule has 4 rings (SSSR count). The van der Waals surface area contributed by atoms with E-state index in [0.29, 0.717) is 11.8 Å². The second-order valence-corrected chi connectivity index (χ2v) is 9.15. The first kappa shape index (κ1) is 19.8. The van der Waals surface area contributed by atoms with Gasteiger partial charge in [0, 0.05) is 36.6 Å². The van der Waals surface area contributed by atoms with Gasteiger partial charge in [-0.3, -0.25) is 4.79 Å². The summed E-state index contributed by atoms with van der Waals surface area (Å²) in [5.41, 5.74) is 1.16. The Bertz CT molecular complexity index is 890. The molecule has 3 N–H and O–H groups in total. The van der Waals surface area contributed by atoms with E-state index in [1.54, 1.807) is 6.92 Å². The quantitative estimate of drug-likeness (QED) is 0.719. The van der Waals surface area contributed by atoms with Crippen LogP contribution in [0.4, 0.5) is 4.79 Å². The van der Waals surface area contributed by atoms with Crippen LogP contribution in [0.1, 0.15) is 57.4 Å². The number of hydrogen-bond donors (Lipinski definition) is 3. The lowest BCUT2D eigenvalue weighted by molar-refractivity contribution is -0.140. The molecule has 1 atom stereocenters. The molecule has 1 saturated carbocycles. The fraction of sp³-hybridized carbons (Fsp3) is 0.565. The van der Waals surface area contributed by atoms with Crippen molar-refractivity contribution in [3.8, 4) is 0 Å². The zero-order chi connectivity index (χ0) is 20.5. The number of rotatable bonds is 4. The van der Waals surface area contributed by atoms with Crippen molar-refractivity contribution in [3.63, 3.8) is 0 Å².